The van der Waals surface area contributed by atoms with Crippen molar-refractivity contribution in [2.45, 2.75) is 63.4 Å². The second-order valence-corrected chi connectivity index (χ2v) is 9.01. The van der Waals surface area contributed by atoms with Crippen molar-refractivity contribution in [2.75, 3.05) is 5.32 Å². The fraction of sp³-hybridized carbons (Fsp3) is 0.714. The van der Waals surface area contributed by atoms with Gasteiger partial charge in [-0.05, 0) is 39.5 Å². The molecule has 0 radical (unpaired) electrons. The fourth-order valence-corrected chi connectivity index (χ4v) is 4.68. The minimum atomic E-state index is -0.416. The highest BCUT2D eigenvalue weighted by Crippen LogP contribution is 2.33. The van der Waals surface area contributed by atoms with Crippen LogP contribution in [-0.4, -0.2) is 20.9 Å². The Balaban J connectivity index is 2.04. The number of nitrogens with zero attached hydrogens (tertiary/aromatic N) is 1. The van der Waals surface area contributed by atoms with Crippen LogP contribution in [0.5, 0.6) is 0 Å². The van der Waals surface area contributed by atoms with Gasteiger partial charge in [0.2, 0.25) is 5.91 Å². The third-order valence-electron chi connectivity index (χ3n) is 3.14. The molecule has 1 aromatic heterocycles. The van der Waals surface area contributed by atoms with Gasteiger partial charge in [-0.25, -0.2) is 4.98 Å². The molecule has 1 aliphatic carbocycles. The van der Waals surface area contributed by atoms with E-state index in [4.69, 9.17) is 0 Å². The van der Waals surface area contributed by atoms with Gasteiger partial charge in [0.05, 0.1) is 10.4 Å². The topological polar surface area (TPSA) is 42.0 Å². The molecule has 0 spiro atoms. The van der Waals surface area contributed by atoms with Crippen molar-refractivity contribution in [2.24, 2.45) is 0 Å². The smallest absolute Gasteiger partial charge is 0.241 e. The summed E-state index contributed by atoms with van der Waals surface area (Å²) in [4.78, 5) is 18.2. The summed E-state index contributed by atoms with van der Waals surface area (Å²) < 4.78 is -0.416. The summed E-state index contributed by atoms with van der Waals surface area (Å²) in [6.07, 6.45) is 4.65. The SMILES string of the molecule is CC(C)SC(C)(C)C(=O)Nc1nc2c(s1)CCCC2. The lowest BCUT2D eigenvalue weighted by Gasteiger charge is -2.24. The van der Waals surface area contributed by atoms with Crippen LogP contribution in [0.1, 0.15) is 51.1 Å². The van der Waals surface area contributed by atoms with Crippen molar-refractivity contribution in [3.8, 4) is 0 Å². The molecule has 19 heavy (non-hydrogen) atoms. The first-order valence-electron chi connectivity index (χ1n) is 6.86. The summed E-state index contributed by atoms with van der Waals surface area (Å²) in [6, 6.07) is 0. The first-order valence-corrected chi connectivity index (χ1v) is 8.56. The zero-order chi connectivity index (χ0) is 14.0. The first-order chi connectivity index (χ1) is 8.88. The Bertz CT molecular complexity index is 443. The molecule has 0 fully saturated rings. The van der Waals surface area contributed by atoms with E-state index in [0.717, 1.165) is 18.0 Å². The predicted octanol–water partition coefficient (Wildman–Crippen LogP) is 3.88. The zero-order valence-corrected chi connectivity index (χ0v) is 13.7. The number of fused-ring (bicyclic) bond motifs is 1. The maximum absolute atomic E-state index is 12.3. The fourth-order valence-electron chi connectivity index (χ4n) is 2.30. The van der Waals surface area contributed by atoms with Crippen molar-refractivity contribution >= 4 is 34.1 Å². The van der Waals surface area contributed by atoms with Gasteiger partial charge >= 0.3 is 0 Å². The number of nitrogens with one attached hydrogen (secondary N) is 1. The van der Waals surface area contributed by atoms with E-state index >= 15 is 0 Å². The Morgan fingerprint density at radius 3 is 2.68 bits per heavy atom. The van der Waals surface area contributed by atoms with Crippen LogP contribution in [0.3, 0.4) is 0 Å². The van der Waals surface area contributed by atoms with E-state index in [0.29, 0.717) is 5.25 Å². The van der Waals surface area contributed by atoms with E-state index in [2.05, 4.69) is 24.1 Å². The summed E-state index contributed by atoms with van der Waals surface area (Å²) in [5.74, 6) is 0.0531. The summed E-state index contributed by atoms with van der Waals surface area (Å²) >= 11 is 3.33. The van der Waals surface area contributed by atoms with Gasteiger partial charge in [0, 0.05) is 10.1 Å². The molecule has 1 aliphatic rings. The molecule has 5 heteroatoms. The maximum atomic E-state index is 12.3. The minimum Gasteiger partial charge on any atom is -0.301 e. The van der Waals surface area contributed by atoms with E-state index in [9.17, 15) is 4.79 Å². The standard InChI is InChI=1S/C14H22N2OS2/c1-9(2)19-14(3,4)12(17)16-13-15-10-7-5-6-8-11(10)18-13/h9H,5-8H2,1-4H3,(H,15,16,17). The molecule has 1 N–H and O–H groups in total. The molecular weight excluding hydrogens is 276 g/mol. The molecule has 3 nitrogen and oxygen atoms in total. The summed E-state index contributed by atoms with van der Waals surface area (Å²) in [6.45, 7) is 8.17. The third-order valence-corrected chi connectivity index (χ3v) is 5.46. The maximum Gasteiger partial charge on any atom is 0.241 e. The number of thioether (sulfide) groups is 1. The van der Waals surface area contributed by atoms with E-state index in [-0.39, 0.29) is 5.91 Å². The highest BCUT2D eigenvalue weighted by molar-refractivity contribution is 8.01. The largest absolute Gasteiger partial charge is 0.301 e. The highest BCUT2D eigenvalue weighted by Gasteiger charge is 2.30. The molecule has 0 saturated heterocycles. The van der Waals surface area contributed by atoms with Gasteiger partial charge in [-0.1, -0.05) is 13.8 Å². The summed E-state index contributed by atoms with van der Waals surface area (Å²) in [5, 5.41) is 4.20. The molecule has 0 unspecified atom stereocenters. The van der Waals surface area contributed by atoms with E-state index in [1.165, 1.54) is 23.4 Å². The summed E-state index contributed by atoms with van der Waals surface area (Å²) in [7, 11) is 0. The van der Waals surface area contributed by atoms with Crippen LogP contribution in [-0.2, 0) is 17.6 Å². The number of hydrogen-bond acceptors (Lipinski definition) is 4. The molecule has 0 aromatic carbocycles. The average molecular weight is 298 g/mol. The molecule has 1 amide bonds. The Morgan fingerprint density at radius 2 is 2.05 bits per heavy atom. The van der Waals surface area contributed by atoms with Crippen LogP contribution in [0.2, 0.25) is 0 Å². The Hall–Kier alpha value is -0.550. The van der Waals surface area contributed by atoms with Gasteiger partial charge in [0.25, 0.3) is 0 Å². The Morgan fingerprint density at radius 1 is 1.37 bits per heavy atom. The van der Waals surface area contributed by atoms with Crippen molar-refractivity contribution in [3.05, 3.63) is 10.6 Å². The second-order valence-electron chi connectivity index (χ2n) is 5.73. The zero-order valence-electron chi connectivity index (χ0n) is 12.1. The van der Waals surface area contributed by atoms with Crippen LogP contribution in [0, 0.1) is 0 Å². The lowest BCUT2D eigenvalue weighted by atomic mass is 10.0. The molecule has 1 heterocycles. The van der Waals surface area contributed by atoms with Gasteiger partial charge in [0.1, 0.15) is 0 Å². The van der Waals surface area contributed by atoms with E-state index in [1.54, 1.807) is 23.1 Å². The number of aromatic nitrogens is 1. The molecule has 106 valence electrons. The molecule has 0 saturated carbocycles. The molecule has 0 atom stereocenters. The van der Waals surface area contributed by atoms with Gasteiger partial charge in [-0.2, -0.15) is 0 Å². The van der Waals surface area contributed by atoms with Crippen molar-refractivity contribution in [1.82, 2.24) is 4.98 Å². The monoisotopic (exact) mass is 298 g/mol. The molecular formula is C14H22N2OS2. The number of thiazole rings is 1. The quantitative estimate of drug-likeness (QED) is 0.917. The van der Waals surface area contributed by atoms with Gasteiger partial charge in [-0.15, -0.1) is 23.1 Å². The van der Waals surface area contributed by atoms with Crippen molar-refractivity contribution in [1.29, 1.82) is 0 Å². The van der Waals surface area contributed by atoms with Gasteiger partial charge in [0.15, 0.2) is 5.13 Å². The lowest BCUT2D eigenvalue weighted by molar-refractivity contribution is -0.117. The number of rotatable bonds is 4. The molecule has 0 bridgehead atoms. The van der Waals surface area contributed by atoms with Gasteiger partial charge in [-0.3, -0.25) is 4.79 Å². The van der Waals surface area contributed by atoms with Crippen molar-refractivity contribution < 1.29 is 4.79 Å². The van der Waals surface area contributed by atoms with Crippen molar-refractivity contribution in [3.63, 3.8) is 0 Å². The number of carbonyl (C=O) groups is 1. The molecule has 1 aromatic rings. The predicted molar refractivity (Wildman–Crippen MR) is 84.2 cm³/mol. The number of anilines is 1. The van der Waals surface area contributed by atoms with E-state index in [1.807, 2.05) is 13.8 Å². The van der Waals surface area contributed by atoms with Crippen LogP contribution < -0.4 is 5.32 Å². The second kappa shape index (κ2) is 5.83. The van der Waals surface area contributed by atoms with Gasteiger partial charge < -0.3 is 5.32 Å². The third kappa shape index (κ3) is 3.72. The minimum absolute atomic E-state index is 0.0531. The molecule has 2 rings (SSSR count). The lowest BCUT2D eigenvalue weighted by Crippen LogP contribution is -2.35. The Kier molecular flexibility index (Phi) is 4.56. The summed E-state index contributed by atoms with van der Waals surface area (Å²) in [5.41, 5.74) is 1.20. The average Bonchev–Trinajstić information content (AvgIpc) is 2.69. The van der Waals surface area contributed by atoms with Crippen LogP contribution in [0.4, 0.5) is 5.13 Å². The highest BCUT2D eigenvalue weighted by atomic mass is 32.2. The number of hydrogen-bond donors (Lipinski definition) is 1. The van der Waals surface area contributed by atoms with Crippen LogP contribution >= 0.6 is 23.1 Å². The number of carbonyl (C=O) groups excluding carboxylic acids is 1. The van der Waals surface area contributed by atoms with E-state index < -0.39 is 4.75 Å². The van der Waals surface area contributed by atoms with Crippen LogP contribution in [0.25, 0.3) is 0 Å². The molecule has 0 aliphatic heterocycles. The van der Waals surface area contributed by atoms with Crippen LogP contribution in [0.15, 0.2) is 0 Å². The number of aryl methyl sites for hydroxylation is 2. The Labute approximate surface area is 123 Å². The number of amides is 1. The first kappa shape index (κ1) is 14.9. The normalized spacial score (nSPS) is 15.4.